The summed E-state index contributed by atoms with van der Waals surface area (Å²) in [6.07, 6.45) is 2.46. The minimum atomic E-state index is 0.00926. The molecule has 3 nitrogen and oxygen atoms in total. The van der Waals surface area contributed by atoms with Crippen LogP contribution in [0.15, 0.2) is 36.4 Å². The molecule has 1 saturated heterocycles. The van der Waals surface area contributed by atoms with E-state index in [1.807, 2.05) is 19.1 Å². The van der Waals surface area contributed by atoms with E-state index in [1.54, 1.807) is 24.3 Å². The molecule has 0 unspecified atom stereocenters. The molecule has 0 amide bonds. The van der Waals surface area contributed by atoms with Gasteiger partial charge in [0.2, 0.25) is 0 Å². The van der Waals surface area contributed by atoms with Crippen LogP contribution in [0.2, 0.25) is 15.1 Å². The van der Waals surface area contributed by atoms with Crippen LogP contribution >= 0.6 is 34.8 Å². The third-order valence-corrected chi connectivity index (χ3v) is 5.73. The highest BCUT2D eigenvalue weighted by Crippen LogP contribution is 2.28. The van der Waals surface area contributed by atoms with E-state index in [0.29, 0.717) is 26.7 Å². The van der Waals surface area contributed by atoms with E-state index >= 15 is 0 Å². The van der Waals surface area contributed by atoms with Gasteiger partial charge in [0.1, 0.15) is 11.9 Å². The lowest BCUT2D eigenvalue weighted by Crippen LogP contribution is -2.37. The van der Waals surface area contributed by atoms with Crippen molar-refractivity contribution in [1.29, 1.82) is 0 Å². The van der Waals surface area contributed by atoms with Crippen molar-refractivity contribution in [2.45, 2.75) is 39.7 Å². The topological polar surface area (TPSA) is 29.5 Å². The number of carbonyl (C=O) groups excluding carboxylic acids is 1. The molecule has 0 atom stereocenters. The summed E-state index contributed by atoms with van der Waals surface area (Å²) in [7, 11) is 0. The van der Waals surface area contributed by atoms with E-state index in [0.717, 1.165) is 43.8 Å². The van der Waals surface area contributed by atoms with Crippen LogP contribution in [0.3, 0.4) is 0 Å². The number of benzene rings is 2. The molecule has 2 aromatic rings. The maximum Gasteiger partial charge on any atom is 0.161 e. The van der Waals surface area contributed by atoms with Crippen molar-refractivity contribution in [2.24, 2.45) is 0 Å². The van der Waals surface area contributed by atoms with Gasteiger partial charge in [-0.25, -0.2) is 0 Å². The third-order valence-electron chi connectivity index (χ3n) is 4.68. The van der Waals surface area contributed by atoms with Crippen LogP contribution in [0.25, 0.3) is 0 Å². The fourth-order valence-corrected chi connectivity index (χ4v) is 3.65. The van der Waals surface area contributed by atoms with Gasteiger partial charge in [0.05, 0.1) is 15.1 Å². The van der Waals surface area contributed by atoms with E-state index in [4.69, 9.17) is 39.5 Å². The van der Waals surface area contributed by atoms with Crippen molar-refractivity contribution in [1.82, 2.24) is 4.90 Å². The first kappa shape index (κ1) is 23.0. The first-order valence-corrected chi connectivity index (χ1v) is 10.5. The zero-order valence-corrected chi connectivity index (χ0v) is 18.7. The van der Waals surface area contributed by atoms with Crippen molar-refractivity contribution in [3.8, 4) is 5.75 Å². The number of piperidine rings is 1. The van der Waals surface area contributed by atoms with Gasteiger partial charge in [-0.15, -0.1) is 0 Å². The Morgan fingerprint density at radius 1 is 1.04 bits per heavy atom. The summed E-state index contributed by atoms with van der Waals surface area (Å²) in [6, 6.07) is 10.9. The Balaban J connectivity index is 0.000000221. The molecule has 1 heterocycles. The SMILES string of the molecule is CC(=O)c1ccc(C)cc1Cl.CCN1CCC(Oc2ccc(Cl)c(Cl)c2)CC1. The van der Waals surface area contributed by atoms with Crippen LogP contribution in [0.4, 0.5) is 0 Å². The van der Waals surface area contributed by atoms with Crippen LogP contribution in [0, 0.1) is 6.92 Å². The monoisotopic (exact) mass is 441 g/mol. The second-order valence-corrected chi connectivity index (χ2v) is 8.09. The van der Waals surface area contributed by atoms with E-state index in [9.17, 15) is 4.79 Å². The van der Waals surface area contributed by atoms with E-state index < -0.39 is 0 Å². The minimum absolute atomic E-state index is 0.00926. The molecule has 28 heavy (non-hydrogen) atoms. The Morgan fingerprint density at radius 3 is 2.25 bits per heavy atom. The molecule has 3 rings (SSSR count). The highest BCUT2D eigenvalue weighted by Gasteiger charge is 2.19. The number of Topliss-reactive ketones (excluding diaryl/α,β-unsaturated/α-hetero) is 1. The van der Waals surface area contributed by atoms with Crippen molar-refractivity contribution in [3.05, 3.63) is 62.6 Å². The average molecular weight is 443 g/mol. The molecule has 0 aromatic heterocycles. The molecule has 1 fully saturated rings. The van der Waals surface area contributed by atoms with Gasteiger partial charge >= 0.3 is 0 Å². The highest BCUT2D eigenvalue weighted by atomic mass is 35.5. The lowest BCUT2D eigenvalue weighted by Gasteiger charge is -2.31. The van der Waals surface area contributed by atoms with Gasteiger partial charge in [-0.1, -0.05) is 47.8 Å². The normalized spacial score (nSPS) is 14.9. The van der Waals surface area contributed by atoms with Crippen molar-refractivity contribution < 1.29 is 9.53 Å². The predicted octanol–water partition coefficient (Wildman–Crippen LogP) is 6.71. The molecule has 152 valence electrons. The Morgan fingerprint density at radius 2 is 1.71 bits per heavy atom. The summed E-state index contributed by atoms with van der Waals surface area (Å²) in [5.74, 6) is 0.823. The van der Waals surface area contributed by atoms with Gasteiger partial charge in [-0.05, 0) is 63.1 Å². The number of aryl methyl sites for hydroxylation is 1. The van der Waals surface area contributed by atoms with Crippen molar-refractivity contribution in [3.63, 3.8) is 0 Å². The highest BCUT2D eigenvalue weighted by molar-refractivity contribution is 6.42. The lowest BCUT2D eigenvalue weighted by atomic mass is 10.1. The van der Waals surface area contributed by atoms with E-state index in [1.165, 1.54) is 6.92 Å². The van der Waals surface area contributed by atoms with Crippen molar-refractivity contribution >= 4 is 40.6 Å². The quantitative estimate of drug-likeness (QED) is 0.493. The van der Waals surface area contributed by atoms with Crippen LogP contribution in [0.1, 0.15) is 42.6 Å². The first-order valence-electron chi connectivity index (χ1n) is 9.41. The zero-order chi connectivity index (χ0) is 20.7. The molecular weight excluding hydrogens is 417 g/mol. The van der Waals surface area contributed by atoms with Crippen molar-refractivity contribution in [2.75, 3.05) is 19.6 Å². The lowest BCUT2D eigenvalue weighted by molar-refractivity contribution is 0.101. The molecule has 0 aliphatic carbocycles. The largest absolute Gasteiger partial charge is 0.490 e. The van der Waals surface area contributed by atoms with Crippen LogP contribution in [-0.2, 0) is 0 Å². The van der Waals surface area contributed by atoms with Gasteiger partial charge in [-0.3, -0.25) is 4.79 Å². The first-order chi connectivity index (χ1) is 13.3. The molecule has 0 bridgehead atoms. The molecule has 6 heteroatoms. The smallest absolute Gasteiger partial charge is 0.161 e. The number of hydrogen-bond acceptors (Lipinski definition) is 3. The maximum absolute atomic E-state index is 10.9. The maximum atomic E-state index is 10.9. The zero-order valence-electron chi connectivity index (χ0n) is 16.5. The molecule has 0 radical (unpaired) electrons. The van der Waals surface area contributed by atoms with Gasteiger partial charge in [-0.2, -0.15) is 0 Å². The number of carbonyl (C=O) groups is 1. The molecule has 0 N–H and O–H groups in total. The number of halogens is 3. The van der Waals surface area contributed by atoms with Gasteiger partial charge in [0.15, 0.2) is 5.78 Å². The van der Waals surface area contributed by atoms with Crippen LogP contribution < -0.4 is 4.74 Å². The number of nitrogens with zero attached hydrogens (tertiary/aromatic N) is 1. The number of ether oxygens (including phenoxy) is 1. The summed E-state index contributed by atoms with van der Waals surface area (Å²) in [5.41, 5.74) is 1.66. The standard InChI is InChI=1S/C13H17Cl2NO.C9H9ClO/c1-2-16-7-5-10(6-8-16)17-11-3-4-12(14)13(15)9-11;1-6-3-4-8(7(2)11)9(10)5-6/h3-4,9-10H,2,5-8H2,1H3;3-5H,1-2H3. The Hall–Kier alpha value is -1.26. The molecule has 0 spiro atoms. The summed E-state index contributed by atoms with van der Waals surface area (Å²) >= 11 is 17.6. The Labute approximate surface area is 182 Å². The Kier molecular flexibility index (Phi) is 9.10. The third kappa shape index (κ3) is 6.97. The second-order valence-electron chi connectivity index (χ2n) is 6.87. The van der Waals surface area contributed by atoms with Crippen LogP contribution in [-0.4, -0.2) is 36.4 Å². The number of hydrogen-bond donors (Lipinski definition) is 0. The second kappa shape index (κ2) is 11.1. The van der Waals surface area contributed by atoms with Gasteiger partial charge in [0.25, 0.3) is 0 Å². The molecule has 0 saturated carbocycles. The molecule has 1 aliphatic heterocycles. The fourth-order valence-electron chi connectivity index (χ4n) is 2.99. The van der Waals surface area contributed by atoms with Gasteiger partial charge in [0, 0.05) is 24.7 Å². The number of rotatable bonds is 4. The minimum Gasteiger partial charge on any atom is -0.490 e. The number of ketones is 1. The average Bonchev–Trinajstić information content (AvgIpc) is 2.65. The fraction of sp³-hybridized carbons (Fsp3) is 0.409. The van der Waals surface area contributed by atoms with Crippen LogP contribution in [0.5, 0.6) is 5.75 Å². The van der Waals surface area contributed by atoms with E-state index in [-0.39, 0.29) is 5.78 Å². The molecule has 2 aromatic carbocycles. The number of likely N-dealkylation sites (tertiary alicyclic amines) is 1. The summed E-state index contributed by atoms with van der Waals surface area (Å²) in [5, 5.41) is 1.66. The Bertz CT molecular complexity index is 802. The summed E-state index contributed by atoms with van der Waals surface area (Å²) in [4.78, 5) is 13.3. The predicted molar refractivity (Wildman–Crippen MR) is 118 cm³/mol. The van der Waals surface area contributed by atoms with E-state index in [2.05, 4.69) is 11.8 Å². The molecule has 1 aliphatic rings. The summed E-state index contributed by atoms with van der Waals surface area (Å²) in [6.45, 7) is 9.00. The van der Waals surface area contributed by atoms with Gasteiger partial charge < -0.3 is 9.64 Å². The summed E-state index contributed by atoms with van der Waals surface area (Å²) < 4.78 is 5.91. The molecular formula is C22H26Cl3NO2.